The Kier molecular flexibility index (Phi) is 4.90. The van der Waals surface area contributed by atoms with Crippen LogP contribution in [0, 0.1) is 11.8 Å². The van der Waals surface area contributed by atoms with E-state index in [-0.39, 0.29) is 0 Å². The Morgan fingerprint density at radius 2 is 2.12 bits per heavy atom. The molecule has 1 aliphatic heterocycles. The topological polar surface area (TPSA) is 21.3 Å². The van der Waals surface area contributed by atoms with E-state index in [1.54, 1.807) is 0 Å². The van der Waals surface area contributed by atoms with Gasteiger partial charge in [-0.05, 0) is 43.7 Å². The van der Waals surface area contributed by atoms with Crippen molar-refractivity contribution >= 4 is 0 Å². The van der Waals surface area contributed by atoms with E-state index in [0.717, 1.165) is 31.4 Å². The van der Waals surface area contributed by atoms with Crippen molar-refractivity contribution < 1.29 is 4.74 Å². The first-order valence-corrected chi connectivity index (χ1v) is 7.37. The molecular formula is C15H27NO. The van der Waals surface area contributed by atoms with Crippen LogP contribution in [0.15, 0.2) is 11.8 Å². The summed E-state index contributed by atoms with van der Waals surface area (Å²) in [4.78, 5) is 0. The third-order valence-electron chi connectivity index (χ3n) is 4.18. The van der Waals surface area contributed by atoms with Gasteiger partial charge in [-0.2, -0.15) is 0 Å². The van der Waals surface area contributed by atoms with E-state index in [1.807, 2.05) is 0 Å². The van der Waals surface area contributed by atoms with E-state index >= 15 is 0 Å². The fraction of sp³-hybridized carbons (Fsp3) is 0.867. The van der Waals surface area contributed by atoms with Gasteiger partial charge in [0, 0.05) is 6.42 Å². The lowest BCUT2D eigenvalue weighted by atomic mass is 9.78. The molecule has 1 aliphatic carbocycles. The highest BCUT2D eigenvalue weighted by molar-refractivity contribution is 5.09. The van der Waals surface area contributed by atoms with Gasteiger partial charge >= 0.3 is 0 Å². The van der Waals surface area contributed by atoms with Crippen molar-refractivity contribution in [3.8, 4) is 0 Å². The molecule has 0 aromatic carbocycles. The molecule has 1 saturated carbocycles. The molecule has 0 radical (unpaired) electrons. The Morgan fingerprint density at radius 1 is 1.35 bits per heavy atom. The molecule has 2 aliphatic rings. The van der Waals surface area contributed by atoms with Crippen molar-refractivity contribution in [2.24, 2.45) is 11.8 Å². The molecule has 1 unspecified atom stereocenters. The molecule has 0 saturated heterocycles. The molecule has 1 fully saturated rings. The van der Waals surface area contributed by atoms with E-state index in [0.29, 0.717) is 6.04 Å². The van der Waals surface area contributed by atoms with Crippen molar-refractivity contribution in [3.63, 3.8) is 0 Å². The first kappa shape index (κ1) is 12.9. The number of nitrogens with one attached hydrogen (secondary N) is 1. The van der Waals surface area contributed by atoms with Crippen LogP contribution in [0.4, 0.5) is 0 Å². The highest BCUT2D eigenvalue weighted by atomic mass is 16.5. The normalized spacial score (nSPS) is 30.8. The van der Waals surface area contributed by atoms with E-state index in [1.165, 1.54) is 37.9 Å². The number of hydrogen-bond acceptors (Lipinski definition) is 2. The molecule has 1 atom stereocenters. The van der Waals surface area contributed by atoms with E-state index in [9.17, 15) is 0 Å². The van der Waals surface area contributed by atoms with E-state index in [4.69, 9.17) is 4.74 Å². The lowest BCUT2D eigenvalue weighted by Gasteiger charge is -2.33. The fourth-order valence-electron chi connectivity index (χ4n) is 3.07. The second-order valence-electron chi connectivity index (χ2n) is 5.70. The molecule has 0 aromatic rings. The van der Waals surface area contributed by atoms with Crippen molar-refractivity contribution in [1.29, 1.82) is 0 Å². The predicted octanol–water partition coefficient (Wildman–Crippen LogP) is 3.49. The average molecular weight is 237 g/mol. The van der Waals surface area contributed by atoms with Gasteiger partial charge in [-0.15, -0.1) is 0 Å². The first-order valence-electron chi connectivity index (χ1n) is 7.37. The maximum absolute atomic E-state index is 5.79. The van der Waals surface area contributed by atoms with Crippen LogP contribution in [0.25, 0.3) is 0 Å². The van der Waals surface area contributed by atoms with Crippen LogP contribution in [0.2, 0.25) is 0 Å². The molecule has 0 bridgehead atoms. The summed E-state index contributed by atoms with van der Waals surface area (Å²) in [6, 6.07) is 0.491. The van der Waals surface area contributed by atoms with Gasteiger partial charge in [-0.1, -0.05) is 26.7 Å². The van der Waals surface area contributed by atoms with E-state index in [2.05, 4.69) is 25.2 Å². The van der Waals surface area contributed by atoms with Crippen molar-refractivity contribution in [3.05, 3.63) is 11.8 Å². The molecule has 0 amide bonds. The minimum absolute atomic E-state index is 0.491. The molecule has 0 aromatic heterocycles. The molecule has 2 rings (SSSR count). The third-order valence-corrected chi connectivity index (χ3v) is 4.18. The van der Waals surface area contributed by atoms with Crippen molar-refractivity contribution in [1.82, 2.24) is 5.32 Å². The first-order chi connectivity index (χ1) is 8.31. The maximum atomic E-state index is 5.79. The lowest BCUT2D eigenvalue weighted by molar-refractivity contribution is 0.165. The number of ether oxygens (including phenoxy) is 1. The number of rotatable bonds is 5. The van der Waals surface area contributed by atoms with E-state index < -0.39 is 0 Å². The molecular weight excluding hydrogens is 210 g/mol. The molecule has 0 spiro atoms. The van der Waals surface area contributed by atoms with Crippen LogP contribution in [-0.2, 0) is 4.74 Å². The molecule has 2 heteroatoms. The van der Waals surface area contributed by atoms with Gasteiger partial charge in [-0.3, -0.25) is 0 Å². The highest BCUT2D eigenvalue weighted by Crippen LogP contribution is 2.33. The summed E-state index contributed by atoms with van der Waals surface area (Å²) in [5.41, 5.74) is 0. The van der Waals surface area contributed by atoms with Gasteiger partial charge in [0.1, 0.15) is 5.76 Å². The standard InChI is InChI=1S/C15H27NO/c1-3-10-16-15(14-5-4-11-17-14)13-8-6-12(2)7-9-13/h5,12-13,15-16H,3-4,6-11H2,1-2H3. The van der Waals surface area contributed by atoms with Gasteiger partial charge in [0.15, 0.2) is 0 Å². The van der Waals surface area contributed by atoms with Crippen LogP contribution in [-0.4, -0.2) is 19.2 Å². The monoisotopic (exact) mass is 237 g/mol. The number of hydrogen-bond donors (Lipinski definition) is 1. The average Bonchev–Trinajstić information content (AvgIpc) is 2.85. The van der Waals surface area contributed by atoms with Crippen LogP contribution >= 0.6 is 0 Å². The molecule has 2 nitrogen and oxygen atoms in total. The van der Waals surface area contributed by atoms with Crippen LogP contribution in [0.3, 0.4) is 0 Å². The molecule has 1 heterocycles. The summed E-state index contributed by atoms with van der Waals surface area (Å²) in [6.45, 7) is 6.62. The fourth-order valence-corrected chi connectivity index (χ4v) is 3.07. The summed E-state index contributed by atoms with van der Waals surface area (Å²) < 4.78 is 5.79. The second kappa shape index (κ2) is 6.44. The third kappa shape index (κ3) is 3.48. The Bertz CT molecular complexity index is 254. The van der Waals surface area contributed by atoms with Crippen molar-refractivity contribution in [2.45, 2.75) is 58.4 Å². The van der Waals surface area contributed by atoms with Gasteiger partial charge < -0.3 is 10.1 Å². The largest absolute Gasteiger partial charge is 0.496 e. The summed E-state index contributed by atoms with van der Waals surface area (Å²) >= 11 is 0. The zero-order valence-corrected chi connectivity index (χ0v) is 11.4. The quantitative estimate of drug-likeness (QED) is 0.790. The minimum atomic E-state index is 0.491. The molecule has 17 heavy (non-hydrogen) atoms. The summed E-state index contributed by atoms with van der Waals surface area (Å²) in [7, 11) is 0. The Labute approximate surface area is 106 Å². The Balaban J connectivity index is 1.94. The van der Waals surface area contributed by atoms with Gasteiger partial charge in [-0.25, -0.2) is 0 Å². The SMILES string of the molecule is CCCNC(C1=CCCO1)C1CCC(C)CC1. The van der Waals surface area contributed by atoms with Crippen LogP contribution in [0.5, 0.6) is 0 Å². The summed E-state index contributed by atoms with van der Waals surface area (Å²) in [5, 5.41) is 3.70. The summed E-state index contributed by atoms with van der Waals surface area (Å²) in [5.74, 6) is 2.96. The Hall–Kier alpha value is -0.500. The zero-order valence-electron chi connectivity index (χ0n) is 11.4. The zero-order chi connectivity index (χ0) is 12.1. The minimum Gasteiger partial charge on any atom is -0.496 e. The lowest BCUT2D eigenvalue weighted by Crippen LogP contribution is -2.40. The van der Waals surface area contributed by atoms with Gasteiger partial charge in [0.05, 0.1) is 12.6 Å². The second-order valence-corrected chi connectivity index (χ2v) is 5.70. The molecule has 1 N–H and O–H groups in total. The highest BCUT2D eigenvalue weighted by Gasteiger charge is 2.30. The van der Waals surface area contributed by atoms with Crippen molar-refractivity contribution in [2.75, 3.05) is 13.2 Å². The smallest absolute Gasteiger partial charge is 0.109 e. The maximum Gasteiger partial charge on any atom is 0.109 e. The summed E-state index contributed by atoms with van der Waals surface area (Å²) in [6.07, 6.45) is 10.1. The molecule has 98 valence electrons. The van der Waals surface area contributed by atoms with Gasteiger partial charge in [0.2, 0.25) is 0 Å². The Morgan fingerprint density at radius 3 is 2.71 bits per heavy atom. The predicted molar refractivity (Wildman–Crippen MR) is 71.9 cm³/mol. The van der Waals surface area contributed by atoms with Crippen LogP contribution in [0.1, 0.15) is 52.4 Å². The van der Waals surface area contributed by atoms with Crippen LogP contribution < -0.4 is 5.32 Å². The van der Waals surface area contributed by atoms with Gasteiger partial charge in [0.25, 0.3) is 0 Å².